The number of hydrogen-bond acceptors (Lipinski definition) is 1. The van der Waals surface area contributed by atoms with Gasteiger partial charge in [0, 0.05) is 4.83 Å². The van der Waals surface area contributed by atoms with E-state index in [4.69, 9.17) is 0 Å². The number of rotatable bonds is 1. The maximum atomic E-state index is 3.71. The highest BCUT2D eigenvalue weighted by atomic mass is 79.9. The molecule has 1 unspecified atom stereocenters. The highest BCUT2D eigenvalue weighted by Gasteiger charge is 2.28. The van der Waals surface area contributed by atoms with E-state index in [1.165, 1.54) is 45.2 Å². The molecule has 70 valence electrons. The summed E-state index contributed by atoms with van der Waals surface area (Å²) in [4.78, 5) is 0.822. The molecule has 1 aliphatic carbocycles. The van der Waals surface area contributed by atoms with Gasteiger partial charge in [-0.15, -0.1) is 0 Å². The van der Waals surface area contributed by atoms with Gasteiger partial charge in [-0.25, -0.2) is 0 Å². The molecule has 0 aromatic carbocycles. The van der Waals surface area contributed by atoms with Crippen LogP contribution in [0.3, 0.4) is 0 Å². The Hall–Kier alpha value is 0.440. The first-order valence-electron chi connectivity index (χ1n) is 5.21. The summed E-state index contributed by atoms with van der Waals surface area (Å²) >= 11 is 3.71. The Labute approximate surface area is 83.4 Å². The molecule has 2 aliphatic rings. The quantitative estimate of drug-likeness (QED) is 0.685. The third-order valence-electron chi connectivity index (χ3n) is 3.47. The molecule has 1 saturated carbocycles. The van der Waals surface area contributed by atoms with Crippen molar-refractivity contribution in [2.24, 2.45) is 11.8 Å². The zero-order chi connectivity index (χ0) is 8.39. The molecule has 1 heterocycles. The summed E-state index contributed by atoms with van der Waals surface area (Å²) in [5.74, 6) is 2.04. The summed E-state index contributed by atoms with van der Waals surface area (Å²) < 4.78 is 0. The van der Waals surface area contributed by atoms with Crippen LogP contribution in [-0.4, -0.2) is 17.9 Å². The standard InChI is InChI=1S/C10H18BrN/c11-10-3-1-8(2-4-10)9-5-6-12-7-9/h8-10,12H,1-7H2. The van der Waals surface area contributed by atoms with Gasteiger partial charge in [0.2, 0.25) is 0 Å². The average molecular weight is 232 g/mol. The summed E-state index contributed by atoms with van der Waals surface area (Å²) in [5.41, 5.74) is 0. The molecule has 2 rings (SSSR count). The van der Waals surface area contributed by atoms with Crippen molar-refractivity contribution in [3.63, 3.8) is 0 Å². The Morgan fingerprint density at radius 1 is 0.917 bits per heavy atom. The van der Waals surface area contributed by atoms with Gasteiger partial charge >= 0.3 is 0 Å². The Kier molecular flexibility index (Phi) is 3.08. The van der Waals surface area contributed by atoms with Crippen LogP contribution in [0.2, 0.25) is 0 Å². The number of halogens is 1. The molecule has 0 spiro atoms. The first-order valence-corrected chi connectivity index (χ1v) is 6.12. The second kappa shape index (κ2) is 4.10. The van der Waals surface area contributed by atoms with Crippen LogP contribution in [0.4, 0.5) is 0 Å². The van der Waals surface area contributed by atoms with Gasteiger partial charge in [0.15, 0.2) is 0 Å². The number of alkyl halides is 1. The van der Waals surface area contributed by atoms with E-state index < -0.39 is 0 Å². The van der Waals surface area contributed by atoms with Crippen molar-refractivity contribution in [3.8, 4) is 0 Å². The summed E-state index contributed by atoms with van der Waals surface area (Å²) in [6.45, 7) is 2.55. The van der Waals surface area contributed by atoms with Crippen molar-refractivity contribution < 1.29 is 0 Å². The zero-order valence-corrected chi connectivity index (χ0v) is 9.15. The Morgan fingerprint density at radius 2 is 1.67 bits per heavy atom. The van der Waals surface area contributed by atoms with E-state index in [2.05, 4.69) is 21.2 Å². The van der Waals surface area contributed by atoms with Crippen LogP contribution in [0.25, 0.3) is 0 Å². The lowest BCUT2D eigenvalue weighted by atomic mass is 9.79. The van der Waals surface area contributed by atoms with Crippen LogP contribution in [0.1, 0.15) is 32.1 Å². The zero-order valence-electron chi connectivity index (χ0n) is 7.56. The minimum absolute atomic E-state index is 0.822. The first-order chi connectivity index (χ1) is 5.86. The van der Waals surface area contributed by atoms with Gasteiger partial charge in [0.25, 0.3) is 0 Å². The fourth-order valence-electron chi connectivity index (χ4n) is 2.63. The van der Waals surface area contributed by atoms with E-state index in [1.54, 1.807) is 0 Å². The van der Waals surface area contributed by atoms with Crippen LogP contribution in [-0.2, 0) is 0 Å². The highest BCUT2D eigenvalue weighted by Crippen LogP contribution is 2.35. The maximum absolute atomic E-state index is 3.71. The second-order valence-electron chi connectivity index (χ2n) is 4.26. The van der Waals surface area contributed by atoms with E-state index >= 15 is 0 Å². The Bertz CT molecular complexity index is 135. The van der Waals surface area contributed by atoms with Crippen molar-refractivity contribution in [2.75, 3.05) is 13.1 Å². The van der Waals surface area contributed by atoms with Crippen LogP contribution < -0.4 is 5.32 Å². The molecular formula is C10H18BrN. The van der Waals surface area contributed by atoms with E-state index in [1.807, 2.05) is 0 Å². The third kappa shape index (κ3) is 2.02. The van der Waals surface area contributed by atoms with Gasteiger partial charge in [0.1, 0.15) is 0 Å². The van der Waals surface area contributed by atoms with Gasteiger partial charge in [-0.1, -0.05) is 15.9 Å². The van der Waals surface area contributed by atoms with E-state index in [9.17, 15) is 0 Å². The van der Waals surface area contributed by atoms with E-state index in [-0.39, 0.29) is 0 Å². The molecule has 1 saturated heterocycles. The predicted octanol–water partition coefficient (Wildman–Crippen LogP) is 2.55. The molecule has 0 radical (unpaired) electrons. The highest BCUT2D eigenvalue weighted by molar-refractivity contribution is 9.09. The second-order valence-corrected chi connectivity index (χ2v) is 5.56. The van der Waals surface area contributed by atoms with Crippen molar-refractivity contribution in [3.05, 3.63) is 0 Å². The predicted molar refractivity (Wildman–Crippen MR) is 55.6 cm³/mol. The Balaban J connectivity index is 1.80. The van der Waals surface area contributed by atoms with E-state index in [0.29, 0.717) is 0 Å². The summed E-state index contributed by atoms with van der Waals surface area (Å²) in [7, 11) is 0. The van der Waals surface area contributed by atoms with Gasteiger partial charge < -0.3 is 5.32 Å². The monoisotopic (exact) mass is 231 g/mol. The third-order valence-corrected chi connectivity index (χ3v) is 4.38. The lowest BCUT2D eigenvalue weighted by molar-refractivity contribution is 0.269. The van der Waals surface area contributed by atoms with Crippen molar-refractivity contribution in [1.82, 2.24) is 5.32 Å². The molecule has 0 aromatic rings. The SMILES string of the molecule is BrC1CCC(C2CCNC2)CC1. The van der Waals surface area contributed by atoms with Gasteiger partial charge in [-0.2, -0.15) is 0 Å². The molecular weight excluding hydrogens is 214 g/mol. The van der Waals surface area contributed by atoms with Crippen molar-refractivity contribution in [2.45, 2.75) is 36.9 Å². The topological polar surface area (TPSA) is 12.0 Å². The van der Waals surface area contributed by atoms with Gasteiger partial charge in [0.05, 0.1) is 0 Å². The fourth-order valence-corrected chi connectivity index (χ4v) is 3.16. The number of nitrogens with one attached hydrogen (secondary N) is 1. The molecule has 1 N–H and O–H groups in total. The molecule has 12 heavy (non-hydrogen) atoms. The minimum Gasteiger partial charge on any atom is -0.316 e. The molecule has 2 fully saturated rings. The number of hydrogen-bond donors (Lipinski definition) is 1. The molecule has 1 nitrogen and oxygen atoms in total. The van der Waals surface area contributed by atoms with Crippen LogP contribution in [0.15, 0.2) is 0 Å². The maximum Gasteiger partial charge on any atom is 0.0146 e. The lowest BCUT2D eigenvalue weighted by Crippen LogP contribution is -2.23. The van der Waals surface area contributed by atoms with Crippen LogP contribution >= 0.6 is 15.9 Å². The van der Waals surface area contributed by atoms with Crippen LogP contribution in [0.5, 0.6) is 0 Å². The van der Waals surface area contributed by atoms with Crippen LogP contribution in [0, 0.1) is 11.8 Å². The minimum atomic E-state index is 0.822. The summed E-state index contributed by atoms with van der Waals surface area (Å²) in [6.07, 6.45) is 7.16. The molecule has 2 heteroatoms. The summed E-state index contributed by atoms with van der Waals surface area (Å²) in [6, 6.07) is 0. The van der Waals surface area contributed by atoms with Crippen molar-refractivity contribution in [1.29, 1.82) is 0 Å². The van der Waals surface area contributed by atoms with Gasteiger partial charge in [-0.3, -0.25) is 0 Å². The molecule has 0 bridgehead atoms. The fraction of sp³-hybridized carbons (Fsp3) is 1.00. The first kappa shape index (κ1) is 9.01. The lowest BCUT2D eigenvalue weighted by Gasteiger charge is -2.29. The van der Waals surface area contributed by atoms with E-state index in [0.717, 1.165) is 16.7 Å². The average Bonchev–Trinajstić information content (AvgIpc) is 2.58. The summed E-state index contributed by atoms with van der Waals surface area (Å²) in [5, 5.41) is 3.47. The van der Waals surface area contributed by atoms with Gasteiger partial charge in [-0.05, 0) is 57.0 Å². The smallest absolute Gasteiger partial charge is 0.0146 e. The van der Waals surface area contributed by atoms with Crippen molar-refractivity contribution >= 4 is 15.9 Å². The molecule has 1 aliphatic heterocycles. The molecule has 0 aromatic heterocycles. The normalized spacial score (nSPS) is 43.2. The molecule has 1 atom stereocenters. The Morgan fingerprint density at radius 3 is 2.25 bits per heavy atom. The largest absolute Gasteiger partial charge is 0.316 e. The molecule has 0 amide bonds.